The van der Waals surface area contributed by atoms with Crippen LogP contribution in [0.25, 0.3) is 65.5 Å². The van der Waals surface area contributed by atoms with Crippen LogP contribution in [0.1, 0.15) is 30.5 Å². The van der Waals surface area contributed by atoms with E-state index in [0.29, 0.717) is 16.6 Å². The Morgan fingerprint density at radius 1 is 0.750 bits per heavy atom. The first kappa shape index (κ1) is 34.5. The average Bonchev–Trinajstić information content (AvgIpc) is 3.02. The first-order valence-electron chi connectivity index (χ1n) is 15.1. The fourth-order valence-corrected chi connectivity index (χ4v) is 6.34. The summed E-state index contributed by atoms with van der Waals surface area (Å²) >= 11 is 0. The van der Waals surface area contributed by atoms with Gasteiger partial charge in [0.2, 0.25) is 0 Å². The van der Waals surface area contributed by atoms with Crippen LogP contribution >= 0.6 is 0 Å². The zero-order chi connectivity index (χ0) is 33.5. The number of nitrogens with zero attached hydrogens (tertiary/aromatic N) is 1. The number of hydrogen-bond acceptors (Lipinski definition) is 3. The first-order chi connectivity index (χ1) is 22.4. The molecule has 0 saturated carbocycles. The Balaban J connectivity index is 0.000000511. The molecule has 0 spiro atoms. The van der Waals surface area contributed by atoms with Gasteiger partial charge in [0.25, 0.3) is 0 Å². The molecule has 1 heterocycles. The fourth-order valence-electron chi connectivity index (χ4n) is 6.34. The maximum atomic E-state index is 14.0. The number of hydrogen-bond donors (Lipinski definition) is 1. The summed E-state index contributed by atoms with van der Waals surface area (Å²) in [6, 6.07) is 33.9. The standard InChI is InChI=1S/C36H23F3N.C5H8O2.Ir/c1-21-6-5-7-22(2)34(21)25-11-12-27-24(18-25)10-13-30-29(27)14-15-32-31(30)16-17-40-35(32)26-19-23-8-3-4-9-28(23)33(20-26)36(37,38)39;1-4(6)3-5(2)7;/h3-18,20H,1-2H3;3,6H,1-2H3;/q-1;;/b;4-3-;. The largest absolute Gasteiger partial charge is 0.512 e. The third kappa shape index (κ3) is 6.75. The van der Waals surface area contributed by atoms with Crippen molar-refractivity contribution in [2.45, 2.75) is 33.9 Å². The van der Waals surface area contributed by atoms with Crippen molar-refractivity contribution in [1.82, 2.24) is 4.98 Å². The minimum atomic E-state index is -4.49. The number of benzene rings is 6. The second-order valence-electron chi connectivity index (χ2n) is 11.7. The van der Waals surface area contributed by atoms with E-state index in [1.807, 2.05) is 12.1 Å². The molecule has 48 heavy (non-hydrogen) atoms. The molecule has 0 aliphatic carbocycles. The number of aryl methyl sites for hydroxylation is 2. The molecule has 0 bridgehead atoms. The van der Waals surface area contributed by atoms with Crippen molar-refractivity contribution >= 4 is 48.9 Å². The van der Waals surface area contributed by atoms with Crippen LogP contribution in [0.15, 0.2) is 115 Å². The Labute approximate surface area is 290 Å². The monoisotopic (exact) mass is 819 g/mol. The summed E-state index contributed by atoms with van der Waals surface area (Å²) < 4.78 is 42.1. The molecule has 243 valence electrons. The van der Waals surface area contributed by atoms with Crippen molar-refractivity contribution < 1.29 is 43.2 Å². The van der Waals surface area contributed by atoms with Crippen LogP contribution < -0.4 is 0 Å². The molecule has 0 unspecified atom stereocenters. The van der Waals surface area contributed by atoms with E-state index >= 15 is 0 Å². The molecule has 0 saturated heterocycles. The number of halogens is 3. The molecule has 7 rings (SSSR count). The van der Waals surface area contributed by atoms with E-state index in [1.54, 1.807) is 24.4 Å². The Bertz CT molecular complexity index is 2350. The van der Waals surface area contributed by atoms with Gasteiger partial charge in [-0.15, -0.1) is 23.6 Å². The van der Waals surface area contributed by atoms with Crippen LogP contribution in [-0.4, -0.2) is 15.9 Å². The van der Waals surface area contributed by atoms with E-state index in [1.165, 1.54) is 54.3 Å². The molecule has 1 N–H and O–H groups in total. The summed E-state index contributed by atoms with van der Waals surface area (Å²) in [7, 11) is 0. The molecule has 0 aliphatic heterocycles. The van der Waals surface area contributed by atoms with Crippen molar-refractivity contribution in [1.29, 1.82) is 0 Å². The normalized spacial score (nSPS) is 11.8. The molecular weight excluding hydrogens is 788 g/mol. The number of fused-ring (bicyclic) bond motifs is 6. The number of rotatable bonds is 3. The molecular formula is C41H31F3IrNO2-. The summed E-state index contributed by atoms with van der Waals surface area (Å²) in [5.74, 6) is -0.0625. The third-order valence-electron chi connectivity index (χ3n) is 8.28. The molecule has 0 fully saturated rings. The van der Waals surface area contributed by atoms with Gasteiger partial charge in [0.15, 0.2) is 5.78 Å². The van der Waals surface area contributed by atoms with Gasteiger partial charge in [-0.1, -0.05) is 83.7 Å². The van der Waals surface area contributed by atoms with Gasteiger partial charge in [0.1, 0.15) is 0 Å². The summed E-state index contributed by atoms with van der Waals surface area (Å²) in [4.78, 5) is 14.6. The smallest absolute Gasteiger partial charge is 0.403 e. The maximum Gasteiger partial charge on any atom is 0.403 e. The topological polar surface area (TPSA) is 50.2 Å². The van der Waals surface area contributed by atoms with E-state index in [4.69, 9.17) is 5.11 Å². The van der Waals surface area contributed by atoms with Crippen LogP contribution in [0.5, 0.6) is 0 Å². The van der Waals surface area contributed by atoms with Gasteiger partial charge in [0.05, 0.1) is 5.76 Å². The third-order valence-corrected chi connectivity index (χ3v) is 8.28. The summed E-state index contributed by atoms with van der Waals surface area (Å²) in [5.41, 5.74) is 5.06. The Morgan fingerprint density at radius 3 is 2.04 bits per heavy atom. The molecule has 0 aliphatic rings. The van der Waals surface area contributed by atoms with E-state index in [2.05, 4.69) is 79.5 Å². The zero-order valence-corrected chi connectivity index (χ0v) is 29.1. The number of carbonyl (C=O) groups excluding carboxylic acids is 1. The second kappa shape index (κ2) is 13.7. The number of ketones is 1. The number of aromatic nitrogens is 1. The summed E-state index contributed by atoms with van der Waals surface area (Å²) in [5, 5.41) is 15.0. The van der Waals surface area contributed by atoms with E-state index < -0.39 is 11.7 Å². The van der Waals surface area contributed by atoms with Crippen LogP contribution in [-0.2, 0) is 31.1 Å². The number of alkyl halides is 3. The number of carbonyl (C=O) groups is 1. The molecule has 7 heteroatoms. The molecule has 7 aromatic rings. The van der Waals surface area contributed by atoms with Crippen LogP contribution in [0.3, 0.4) is 0 Å². The quantitative estimate of drug-likeness (QED) is 0.0836. The predicted octanol–water partition coefficient (Wildman–Crippen LogP) is 11.5. The van der Waals surface area contributed by atoms with E-state index in [-0.39, 0.29) is 37.0 Å². The summed E-state index contributed by atoms with van der Waals surface area (Å²) in [6.45, 7) is 7.12. The molecule has 6 aromatic carbocycles. The van der Waals surface area contributed by atoms with Crippen LogP contribution in [0, 0.1) is 19.9 Å². The van der Waals surface area contributed by atoms with Crippen molar-refractivity contribution in [3.05, 3.63) is 138 Å². The predicted molar refractivity (Wildman–Crippen MR) is 186 cm³/mol. The van der Waals surface area contributed by atoms with Crippen LogP contribution in [0.4, 0.5) is 13.2 Å². The number of allylic oxidation sites excluding steroid dienone is 2. The molecule has 0 amide bonds. The Kier molecular flexibility index (Phi) is 9.86. The van der Waals surface area contributed by atoms with Gasteiger partial charge < -0.3 is 5.11 Å². The van der Waals surface area contributed by atoms with Gasteiger partial charge in [-0.3, -0.25) is 9.78 Å². The maximum absolute atomic E-state index is 14.0. The van der Waals surface area contributed by atoms with Gasteiger partial charge in [-0.05, 0) is 100.0 Å². The minimum Gasteiger partial charge on any atom is -0.512 e. The number of pyridine rings is 1. The van der Waals surface area contributed by atoms with E-state index in [0.717, 1.165) is 32.3 Å². The zero-order valence-electron chi connectivity index (χ0n) is 26.7. The first-order valence-corrected chi connectivity index (χ1v) is 15.1. The number of aliphatic hydroxyl groups excluding tert-OH is 1. The fraction of sp³-hybridized carbons (Fsp3) is 0.122. The van der Waals surface area contributed by atoms with Crippen LogP contribution in [0.2, 0.25) is 0 Å². The SMILES string of the molecule is CC(=O)/C=C(/C)O.Cc1cccc(C)c1-c1ccc2c(ccc3c4ccnc(-c5[c-]c6ccccc6c(C(F)(F)F)c5)c4ccc23)c1.[Ir]. The van der Waals surface area contributed by atoms with Crippen molar-refractivity contribution in [3.63, 3.8) is 0 Å². The van der Waals surface area contributed by atoms with Crippen molar-refractivity contribution in [3.8, 4) is 22.4 Å². The van der Waals surface area contributed by atoms with E-state index in [9.17, 15) is 18.0 Å². The molecule has 1 radical (unpaired) electrons. The minimum absolute atomic E-state index is 0. The Morgan fingerprint density at radius 2 is 1.38 bits per heavy atom. The molecule has 3 nitrogen and oxygen atoms in total. The van der Waals surface area contributed by atoms with Gasteiger partial charge in [0, 0.05) is 38.1 Å². The molecule has 1 aromatic heterocycles. The van der Waals surface area contributed by atoms with Crippen molar-refractivity contribution in [2.24, 2.45) is 0 Å². The van der Waals surface area contributed by atoms with Gasteiger partial charge in [-0.25, -0.2) is 0 Å². The van der Waals surface area contributed by atoms with Crippen molar-refractivity contribution in [2.75, 3.05) is 0 Å². The van der Waals surface area contributed by atoms with Gasteiger partial charge >= 0.3 is 6.18 Å². The average molecular weight is 819 g/mol. The Hall–Kier alpha value is -4.84. The second-order valence-corrected chi connectivity index (χ2v) is 11.7. The van der Waals surface area contributed by atoms with Gasteiger partial charge in [-0.2, -0.15) is 13.2 Å². The molecule has 0 atom stereocenters. The number of aliphatic hydroxyl groups is 1. The summed E-state index contributed by atoms with van der Waals surface area (Å²) in [6.07, 6.45) is -1.66.